The zero-order chi connectivity index (χ0) is 15.9. The van der Waals surface area contributed by atoms with E-state index >= 15 is 0 Å². The quantitative estimate of drug-likeness (QED) is 0.838. The second-order valence-corrected chi connectivity index (χ2v) is 5.42. The lowest BCUT2D eigenvalue weighted by atomic mass is 10.2. The molecule has 6 nitrogen and oxygen atoms in total. The molecule has 0 atom stereocenters. The van der Waals surface area contributed by atoms with Crippen LogP contribution in [0.4, 0.5) is 10.5 Å². The third-order valence-electron chi connectivity index (χ3n) is 3.65. The summed E-state index contributed by atoms with van der Waals surface area (Å²) in [4.78, 5) is 16.0. The first kappa shape index (κ1) is 16.7. The van der Waals surface area contributed by atoms with Crippen molar-refractivity contribution in [1.29, 1.82) is 0 Å². The Morgan fingerprint density at radius 3 is 2.59 bits per heavy atom. The summed E-state index contributed by atoms with van der Waals surface area (Å²) in [5, 5.41) is 3.43. The van der Waals surface area contributed by atoms with Crippen molar-refractivity contribution in [3.05, 3.63) is 23.2 Å². The van der Waals surface area contributed by atoms with Gasteiger partial charge in [0.15, 0.2) is 0 Å². The van der Waals surface area contributed by atoms with Crippen molar-refractivity contribution in [2.24, 2.45) is 0 Å². The van der Waals surface area contributed by atoms with Gasteiger partial charge in [0.2, 0.25) is 0 Å². The van der Waals surface area contributed by atoms with Gasteiger partial charge in [-0.3, -0.25) is 0 Å². The highest BCUT2D eigenvalue weighted by Crippen LogP contribution is 2.29. The van der Waals surface area contributed by atoms with Crippen molar-refractivity contribution in [2.45, 2.75) is 0 Å². The van der Waals surface area contributed by atoms with Gasteiger partial charge in [0.25, 0.3) is 0 Å². The first-order chi connectivity index (χ1) is 10.7. The summed E-state index contributed by atoms with van der Waals surface area (Å²) >= 11 is 6.16. The van der Waals surface area contributed by atoms with Crippen LogP contribution < -0.4 is 15.0 Å². The molecule has 22 heavy (non-hydrogen) atoms. The average molecular weight is 328 g/mol. The standard InChI is InChI=1S/C15H22ClN3O3/c1-21-10-5-17-15(20)19-8-6-18(7-9-19)12-3-4-14(22-2)13(16)11-12/h3-4,11H,5-10H2,1-2H3,(H,17,20). The van der Waals surface area contributed by atoms with Crippen LogP contribution in [0.1, 0.15) is 0 Å². The van der Waals surface area contributed by atoms with Gasteiger partial charge in [0.05, 0.1) is 18.7 Å². The molecule has 122 valence electrons. The van der Waals surface area contributed by atoms with Crippen molar-refractivity contribution in [2.75, 3.05) is 58.5 Å². The molecular weight excluding hydrogens is 306 g/mol. The van der Waals surface area contributed by atoms with E-state index in [1.165, 1.54) is 0 Å². The second-order valence-electron chi connectivity index (χ2n) is 5.02. The number of benzene rings is 1. The Hall–Kier alpha value is -1.66. The van der Waals surface area contributed by atoms with Gasteiger partial charge in [0.1, 0.15) is 5.75 Å². The molecule has 0 spiro atoms. The van der Waals surface area contributed by atoms with Gasteiger partial charge in [0, 0.05) is 45.5 Å². The summed E-state index contributed by atoms with van der Waals surface area (Å²) in [5.74, 6) is 0.668. The summed E-state index contributed by atoms with van der Waals surface area (Å²) in [6.07, 6.45) is 0. The van der Waals surface area contributed by atoms with Crippen molar-refractivity contribution < 1.29 is 14.3 Å². The van der Waals surface area contributed by atoms with Gasteiger partial charge < -0.3 is 24.6 Å². The summed E-state index contributed by atoms with van der Waals surface area (Å²) < 4.78 is 10.1. The highest BCUT2D eigenvalue weighted by atomic mass is 35.5. The second kappa shape index (κ2) is 8.10. The highest BCUT2D eigenvalue weighted by molar-refractivity contribution is 6.32. The predicted molar refractivity (Wildman–Crippen MR) is 87.1 cm³/mol. The topological polar surface area (TPSA) is 54.0 Å². The Balaban J connectivity index is 1.86. The van der Waals surface area contributed by atoms with Crippen LogP contribution in [0.3, 0.4) is 0 Å². The maximum Gasteiger partial charge on any atom is 0.317 e. The number of halogens is 1. The fourth-order valence-electron chi connectivity index (χ4n) is 2.39. The van der Waals surface area contributed by atoms with Crippen molar-refractivity contribution >= 4 is 23.3 Å². The number of amides is 2. The van der Waals surface area contributed by atoms with Gasteiger partial charge in [-0.15, -0.1) is 0 Å². The van der Waals surface area contributed by atoms with E-state index in [4.69, 9.17) is 21.1 Å². The van der Waals surface area contributed by atoms with Crippen LogP contribution in [0, 0.1) is 0 Å². The zero-order valence-corrected chi connectivity index (χ0v) is 13.7. The molecule has 1 aliphatic rings. The van der Waals surface area contributed by atoms with E-state index in [1.54, 1.807) is 14.2 Å². The Bertz CT molecular complexity index is 505. The highest BCUT2D eigenvalue weighted by Gasteiger charge is 2.21. The molecule has 1 aromatic carbocycles. The largest absolute Gasteiger partial charge is 0.495 e. The van der Waals surface area contributed by atoms with Crippen LogP contribution in [-0.2, 0) is 4.74 Å². The number of piperazine rings is 1. The Morgan fingerprint density at radius 2 is 2.00 bits per heavy atom. The first-order valence-electron chi connectivity index (χ1n) is 7.26. The van der Waals surface area contributed by atoms with Crippen molar-refractivity contribution in [1.82, 2.24) is 10.2 Å². The molecule has 1 aliphatic heterocycles. The van der Waals surface area contributed by atoms with Crippen LogP contribution in [0.25, 0.3) is 0 Å². The number of methoxy groups -OCH3 is 2. The van der Waals surface area contributed by atoms with Gasteiger partial charge in [-0.25, -0.2) is 4.79 Å². The number of carbonyl (C=O) groups excluding carboxylic acids is 1. The molecule has 0 aliphatic carbocycles. The molecule has 1 saturated heterocycles. The van der Waals surface area contributed by atoms with Gasteiger partial charge in [-0.1, -0.05) is 11.6 Å². The molecule has 0 unspecified atom stereocenters. The lowest BCUT2D eigenvalue weighted by Crippen LogP contribution is -2.52. The number of carbonyl (C=O) groups is 1. The fourth-order valence-corrected chi connectivity index (χ4v) is 2.64. The number of ether oxygens (including phenoxy) is 2. The minimum atomic E-state index is -0.0375. The molecule has 1 aromatic rings. The molecule has 1 heterocycles. The molecular formula is C15H22ClN3O3. The fraction of sp³-hybridized carbons (Fsp3) is 0.533. The zero-order valence-electron chi connectivity index (χ0n) is 13.0. The Kier molecular flexibility index (Phi) is 6.15. The van der Waals surface area contributed by atoms with Crippen LogP contribution >= 0.6 is 11.6 Å². The van der Waals surface area contributed by atoms with E-state index in [0.29, 0.717) is 37.0 Å². The van der Waals surface area contributed by atoms with Gasteiger partial charge in [-0.05, 0) is 18.2 Å². The van der Waals surface area contributed by atoms with E-state index in [-0.39, 0.29) is 6.03 Å². The molecule has 1 fully saturated rings. The third kappa shape index (κ3) is 4.18. The van der Waals surface area contributed by atoms with E-state index in [9.17, 15) is 4.79 Å². The van der Waals surface area contributed by atoms with Gasteiger partial charge in [-0.2, -0.15) is 0 Å². The molecule has 0 bridgehead atoms. The van der Waals surface area contributed by atoms with Crippen molar-refractivity contribution in [3.63, 3.8) is 0 Å². The monoisotopic (exact) mass is 327 g/mol. The lowest BCUT2D eigenvalue weighted by molar-refractivity contribution is 0.177. The van der Waals surface area contributed by atoms with E-state index in [0.717, 1.165) is 18.8 Å². The maximum atomic E-state index is 12.0. The Morgan fingerprint density at radius 1 is 1.27 bits per heavy atom. The minimum Gasteiger partial charge on any atom is -0.495 e. The molecule has 1 N–H and O–H groups in total. The van der Waals surface area contributed by atoms with Gasteiger partial charge >= 0.3 is 6.03 Å². The average Bonchev–Trinajstić information content (AvgIpc) is 2.55. The van der Waals surface area contributed by atoms with Crippen LogP contribution in [-0.4, -0.2) is 64.5 Å². The molecule has 2 amide bonds. The number of hydrogen-bond donors (Lipinski definition) is 1. The summed E-state index contributed by atoms with van der Waals surface area (Å²) in [5.41, 5.74) is 1.05. The van der Waals surface area contributed by atoms with E-state index in [2.05, 4.69) is 10.2 Å². The number of anilines is 1. The Labute approximate surface area is 135 Å². The van der Waals surface area contributed by atoms with Crippen LogP contribution in [0.15, 0.2) is 18.2 Å². The molecule has 7 heteroatoms. The lowest BCUT2D eigenvalue weighted by Gasteiger charge is -2.36. The maximum absolute atomic E-state index is 12.0. The first-order valence-corrected chi connectivity index (χ1v) is 7.63. The SMILES string of the molecule is COCCNC(=O)N1CCN(c2ccc(OC)c(Cl)c2)CC1. The number of hydrogen-bond acceptors (Lipinski definition) is 4. The summed E-state index contributed by atoms with van der Waals surface area (Å²) in [7, 11) is 3.22. The number of nitrogens with zero attached hydrogens (tertiary/aromatic N) is 2. The third-order valence-corrected chi connectivity index (χ3v) is 3.95. The molecule has 0 radical (unpaired) electrons. The van der Waals surface area contributed by atoms with Crippen LogP contribution in [0.2, 0.25) is 5.02 Å². The molecule has 0 saturated carbocycles. The predicted octanol–water partition coefficient (Wildman–Crippen LogP) is 1.83. The molecule has 0 aromatic heterocycles. The van der Waals surface area contributed by atoms with Crippen LogP contribution in [0.5, 0.6) is 5.75 Å². The summed E-state index contributed by atoms with van der Waals surface area (Å²) in [6.45, 7) is 3.98. The number of urea groups is 1. The van der Waals surface area contributed by atoms with E-state index < -0.39 is 0 Å². The normalized spacial score (nSPS) is 14.9. The molecule has 2 rings (SSSR count). The minimum absolute atomic E-state index is 0.0375. The summed E-state index contributed by atoms with van der Waals surface area (Å²) in [6, 6.07) is 5.71. The van der Waals surface area contributed by atoms with Crippen molar-refractivity contribution in [3.8, 4) is 5.75 Å². The smallest absolute Gasteiger partial charge is 0.317 e. The number of rotatable bonds is 5. The van der Waals surface area contributed by atoms with E-state index in [1.807, 2.05) is 23.1 Å². The number of nitrogens with one attached hydrogen (secondary N) is 1.